The lowest BCUT2D eigenvalue weighted by atomic mass is 10.1. The van der Waals surface area contributed by atoms with E-state index in [2.05, 4.69) is 31.9 Å². The first-order chi connectivity index (χ1) is 16.2. The molecule has 0 N–H and O–H groups in total. The van der Waals surface area contributed by atoms with E-state index in [-0.39, 0.29) is 5.91 Å². The second-order valence-electron chi connectivity index (χ2n) is 7.54. The quantitative estimate of drug-likeness (QED) is 0.328. The van der Waals surface area contributed by atoms with Crippen LogP contribution in [0.2, 0.25) is 0 Å². The molecule has 2 aromatic heterocycles. The number of rotatable bonds is 9. The molecule has 6 nitrogen and oxygen atoms in total. The fourth-order valence-corrected chi connectivity index (χ4v) is 4.81. The number of hydrogen-bond donors (Lipinski definition) is 0. The second kappa shape index (κ2) is 10.9. The highest BCUT2D eigenvalue weighted by atomic mass is 32.2. The zero-order valence-electron chi connectivity index (χ0n) is 18.8. The van der Waals surface area contributed by atoms with Crippen LogP contribution < -0.4 is 0 Å². The summed E-state index contributed by atoms with van der Waals surface area (Å²) >= 11 is 1.45. The zero-order valence-corrected chi connectivity index (χ0v) is 19.7. The Balaban J connectivity index is 1.76. The van der Waals surface area contributed by atoms with Gasteiger partial charge < -0.3 is 4.90 Å². The van der Waals surface area contributed by atoms with E-state index >= 15 is 0 Å². The van der Waals surface area contributed by atoms with Crippen LogP contribution in [0.4, 0.5) is 0 Å². The molecule has 1 atom stereocenters. The molecule has 0 saturated carbocycles. The molecule has 0 spiro atoms. The lowest BCUT2D eigenvalue weighted by Crippen LogP contribution is -2.34. The van der Waals surface area contributed by atoms with Crippen molar-refractivity contribution in [2.24, 2.45) is 0 Å². The molecule has 0 aliphatic carbocycles. The molecule has 0 bridgehead atoms. The van der Waals surface area contributed by atoms with Crippen molar-refractivity contribution >= 4 is 17.7 Å². The van der Waals surface area contributed by atoms with Crippen molar-refractivity contribution in [2.45, 2.75) is 30.8 Å². The average Bonchev–Trinajstić information content (AvgIpc) is 3.26. The van der Waals surface area contributed by atoms with Gasteiger partial charge in [0.25, 0.3) is 0 Å². The molecule has 4 rings (SSSR count). The van der Waals surface area contributed by atoms with Crippen LogP contribution in [-0.2, 0) is 11.3 Å². The first kappa shape index (κ1) is 22.7. The normalized spacial score (nSPS) is 11.8. The summed E-state index contributed by atoms with van der Waals surface area (Å²) < 4.78 is 2.07. The summed E-state index contributed by atoms with van der Waals surface area (Å²) in [5, 5.41) is 9.32. The fourth-order valence-electron chi connectivity index (χ4n) is 3.69. The zero-order chi connectivity index (χ0) is 23.0. The predicted molar refractivity (Wildman–Crippen MR) is 132 cm³/mol. The molecule has 0 saturated heterocycles. The Hall–Kier alpha value is -3.45. The minimum absolute atomic E-state index is 0.0772. The number of aromatic nitrogens is 4. The number of carbonyl (C=O) groups excluding carboxylic acids is 1. The third-order valence-electron chi connectivity index (χ3n) is 5.45. The topological polar surface area (TPSA) is 63.9 Å². The summed E-state index contributed by atoms with van der Waals surface area (Å²) in [6.45, 7) is 5.94. The van der Waals surface area contributed by atoms with Crippen molar-refractivity contribution in [2.75, 3.05) is 13.1 Å². The molecule has 0 unspecified atom stereocenters. The van der Waals surface area contributed by atoms with Crippen LogP contribution in [0.5, 0.6) is 0 Å². The van der Waals surface area contributed by atoms with Crippen LogP contribution in [0.1, 0.15) is 30.2 Å². The van der Waals surface area contributed by atoms with Crippen LogP contribution in [0, 0.1) is 0 Å². The number of benzene rings is 2. The van der Waals surface area contributed by atoms with Crippen molar-refractivity contribution in [3.05, 3.63) is 96.3 Å². The number of nitrogens with zero attached hydrogens (tertiary/aromatic N) is 5. The van der Waals surface area contributed by atoms with E-state index in [4.69, 9.17) is 0 Å². The summed E-state index contributed by atoms with van der Waals surface area (Å²) in [5.41, 5.74) is 2.98. The molecule has 0 radical (unpaired) electrons. The standard InChI is InChI=1S/C26H27N5OS/c1-3-30(4-2)25(32)23(21-14-9-6-10-15-21)33-26-29-28-24(22-16-11-17-27-18-22)31(26)19-20-12-7-5-8-13-20/h5-18,23H,3-4,19H2,1-2H3/t23-/m0/s1. The van der Waals surface area contributed by atoms with Crippen molar-refractivity contribution in [1.82, 2.24) is 24.6 Å². The number of pyridine rings is 1. The highest BCUT2D eigenvalue weighted by molar-refractivity contribution is 8.00. The largest absolute Gasteiger partial charge is 0.342 e. The molecule has 168 valence electrons. The Morgan fingerprint density at radius 3 is 2.27 bits per heavy atom. The second-order valence-corrected chi connectivity index (χ2v) is 8.61. The van der Waals surface area contributed by atoms with Gasteiger partial charge in [-0.3, -0.25) is 14.3 Å². The Kier molecular flexibility index (Phi) is 7.52. The van der Waals surface area contributed by atoms with Gasteiger partial charge >= 0.3 is 0 Å². The molecule has 0 fully saturated rings. The van der Waals surface area contributed by atoms with E-state index in [1.165, 1.54) is 11.8 Å². The number of carbonyl (C=O) groups is 1. The van der Waals surface area contributed by atoms with E-state index in [0.717, 1.165) is 22.5 Å². The lowest BCUT2D eigenvalue weighted by molar-refractivity contribution is -0.130. The Morgan fingerprint density at radius 1 is 0.939 bits per heavy atom. The smallest absolute Gasteiger partial charge is 0.240 e. The molecular weight excluding hydrogens is 430 g/mol. The van der Waals surface area contributed by atoms with Crippen LogP contribution in [0.15, 0.2) is 90.3 Å². The lowest BCUT2D eigenvalue weighted by Gasteiger charge is -2.25. The minimum Gasteiger partial charge on any atom is -0.342 e. The fraction of sp³-hybridized carbons (Fsp3) is 0.231. The third kappa shape index (κ3) is 5.31. The van der Waals surface area contributed by atoms with Gasteiger partial charge in [0.15, 0.2) is 11.0 Å². The van der Waals surface area contributed by atoms with Gasteiger partial charge in [0, 0.05) is 31.0 Å². The Morgan fingerprint density at radius 2 is 1.64 bits per heavy atom. The maximum Gasteiger partial charge on any atom is 0.240 e. The van der Waals surface area contributed by atoms with Crippen LogP contribution in [0.3, 0.4) is 0 Å². The van der Waals surface area contributed by atoms with E-state index in [1.54, 1.807) is 12.4 Å². The molecule has 33 heavy (non-hydrogen) atoms. The SMILES string of the molecule is CCN(CC)C(=O)[C@@H](Sc1nnc(-c2cccnc2)n1Cc1ccccc1)c1ccccc1. The van der Waals surface area contributed by atoms with E-state index in [0.29, 0.717) is 24.8 Å². The molecule has 7 heteroatoms. The average molecular weight is 458 g/mol. The first-order valence-corrected chi connectivity index (χ1v) is 12.0. The van der Waals surface area contributed by atoms with Gasteiger partial charge in [-0.25, -0.2) is 0 Å². The van der Waals surface area contributed by atoms with Gasteiger partial charge in [0.05, 0.1) is 6.54 Å². The van der Waals surface area contributed by atoms with Crippen molar-refractivity contribution in [3.8, 4) is 11.4 Å². The molecule has 1 amide bonds. The molecular formula is C26H27N5OS. The highest BCUT2D eigenvalue weighted by Gasteiger charge is 2.28. The highest BCUT2D eigenvalue weighted by Crippen LogP contribution is 2.37. The van der Waals surface area contributed by atoms with Crippen molar-refractivity contribution in [3.63, 3.8) is 0 Å². The number of hydrogen-bond acceptors (Lipinski definition) is 5. The van der Waals surface area contributed by atoms with Gasteiger partial charge in [-0.2, -0.15) is 0 Å². The van der Waals surface area contributed by atoms with Gasteiger partial charge in [0.2, 0.25) is 5.91 Å². The summed E-state index contributed by atoms with van der Waals surface area (Å²) in [7, 11) is 0. The minimum atomic E-state index is -0.411. The van der Waals surface area contributed by atoms with Crippen LogP contribution >= 0.6 is 11.8 Å². The van der Waals surface area contributed by atoms with Crippen LogP contribution in [-0.4, -0.2) is 43.6 Å². The van der Waals surface area contributed by atoms with Gasteiger partial charge in [-0.1, -0.05) is 72.4 Å². The maximum absolute atomic E-state index is 13.5. The van der Waals surface area contributed by atoms with E-state index in [9.17, 15) is 4.79 Å². The summed E-state index contributed by atoms with van der Waals surface area (Å²) in [4.78, 5) is 19.6. The van der Waals surface area contributed by atoms with Crippen LogP contribution in [0.25, 0.3) is 11.4 Å². The van der Waals surface area contributed by atoms with Crippen molar-refractivity contribution in [1.29, 1.82) is 0 Å². The summed E-state index contributed by atoms with van der Waals surface area (Å²) in [5.74, 6) is 0.810. The number of amides is 1. The summed E-state index contributed by atoms with van der Waals surface area (Å²) in [6, 6.07) is 24.0. The van der Waals surface area contributed by atoms with Crippen molar-refractivity contribution < 1.29 is 4.79 Å². The monoisotopic (exact) mass is 457 g/mol. The first-order valence-electron chi connectivity index (χ1n) is 11.1. The Labute approximate surface area is 198 Å². The molecule has 0 aliphatic heterocycles. The van der Waals surface area contributed by atoms with E-state index < -0.39 is 5.25 Å². The van der Waals surface area contributed by atoms with E-state index in [1.807, 2.05) is 79.4 Å². The summed E-state index contributed by atoms with van der Waals surface area (Å²) in [6.07, 6.45) is 3.53. The number of likely N-dealkylation sites (N-methyl/N-ethyl adjacent to an activating group) is 1. The maximum atomic E-state index is 13.5. The molecule has 0 aliphatic rings. The van der Waals surface area contributed by atoms with Gasteiger partial charge in [-0.15, -0.1) is 10.2 Å². The third-order valence-corrected chi connectivity index (χ3v) is 6.67. The molecule has 4 aromatic rings. The van der Waals surface area contributed by atoms with Gasteiger partial charge in [0.1, 0.15) is 5.25 Å². The molecule has 2 aromatic carbocycles. The van der Waals surface area contributed by atoms with Gasteiger partial charge in [-0.05, 0) is 37.1 Å². The number of thioether (sulfide) groups is 1. The predicted octanol–water partition coefficient (Wildman–Crippen LogP) is 5.09. The molecule has 2 heterocycles. The Bertz CT molecular complexity index is 1160.